The van der Waals surface area contributed by atoms with Gasteiger partial charge in [0.25, 0.3) is 5.91 Å². The van der Waals surface area contributed by atoms with Crippen LogP contribution >= 0.6 is 34.5 Å². The smallest absolute Gasteiger partial charge is 0.326 e. The summed E-state index contributed by atoms with van der Waals surface area (Å²) >= 11 is 13.4. The topological polar surface area (TPSA) is 69.9 Å². The second-order valence-electron chi connectivity index (χ2n) is 5.61. The lowest BCUT2D eigenvalue weighted by Crippen LogP contribution is -2.24. The fourth-order valence-corrected chi connectivity index (χ4v) is 4.00. The number of ether oxygens (including phenoxy) is 2. The van der Waals surface area contributed by atoms with Crippen LogP contribution in [0.3, 0.4) is 0 Å². The van der Waals surface area contributed by atoms with Gasteiger partial charge in [-0.3, -0.25) is 9.59 Å². The Balaban J connectivity index is 1.89. The summed E-state index contributed by atoms with van der Waals surface area (Å²) in [5, 5.41) is 1.04. The van der Waals surface area contributed by atoms with Crippen molar-refractivity contribution in [3.05, 3.63) is 57.3 Å². The third-order valence-electron chi connectivity index (χ3n) is 3.64. The number of hydrogen-bond acceptors (Lipinski definition) is 5. The van der Waals surface area contributed by atoms with E-state index in [-0.39, 0.29) is 19.8 Å². The summed E-state index contributed by atoms with van der Waals surface area (Å²) in [6, 6.07) is 12.0. The highest BCUT2D eigenvalue weighted by molar-refractivity contribution is 7.16. The van der Waals surface area contributed by atoms with E-state index in [4.69, 9.17) is 32.7 Å². The standard InChI is InChI=1S/C19H16Cl2N2O4S/c1-2-26-17(25)10-23-18-14(21)4-3-5-15(18)28-19(23)22-16(24)11-27-13-8-6-12(20)7-9-13/h3-9H,2,10-11H2,1H3. The largest absolute Gasteiger partial charge is 0.484 e. The molecule has 0 radical (unpaired) electrons. The highest BCUT2D eigenvalue weighted by atomic mass is 35.5. The molecule has 0 saturated heterocycles. The van der Waals surface area contributed by atoms with Crippen molar-refractivity contribution in [2.75, 3.05) is 13.2 Å². The van der Waals surface area contributed by atoms with Crippen LogP contribution in [0.15, 0.2) is 47.5 Å². The molecule has 0 bridgehead atoms. The first-order valence-electron chi connectivity index (χ1n) is 8.37. The summed E-state index contributed by atoms with van der Waals surface area (Å²) < 4.78 is 12.8. The quantitative estimate of drug-likeness (QED) is 0.543. The average Bonchev–Trinajstić information content (AvgIpc) is 2.99. The lowest BCUT2D eigenvalue weighted by molar-refractivity contribution is -0.143. The molecule has 0 N–H and O–H groups in total. The highest BCUT2D eigenvalue weighted by Crippen LogP contribution is 2.25. The Morgan fingerprint density at radius 1 is 1.14 bits per heavy atom. The molecule has 146 valence electrons. The van der Waals surface area contributed by atoms with Crippen LogP contribution in [0.5, 0.6) is 5.75 Å². The number of carbonyl (C=O) groups is 2. The highest BCUT2D eigenvalue weighted by Gasteiger charge is 2.14. The Labute approximate surface area is 174 Å². The molecule has 0 aliphatic carbocycles. The maximum absolute atomic E-state index is 12.3. The molecule has 0 aliphatic rings. The van der Waals surface area contributed by atoms with Crippen molar-refractivity contribution in [2.45, 2.75) is 13.5 Å². The molecule has 0 fully saturated rings. The van der Waals surface area contributed by atoms with Crippen molar-refractivity contribution in [1.29, 1.82) is 0 Å². The minimum atomic E-state index is -0.491. The first kappa shape index (κ1) is 20.4. The third kappa shape index (κ3) is 4.92. The summed E-state index contributed by atoms with van der Waals surface area (Å²) in [5.74, 6) is -0.421. The summed E-state index contributed by atoms with van der Waals surface area (Å²) in [6.07, 6.45) is 0. The predicted octanol–water partition coefficient (Wildman–Crippen LogP) is 4.08. The van der Waals surface area contributed by atoms with Crippen LogP contribution < -0.4 is 9.54 Å². The summed E-state index contributed by atoms with van der Waals surface area (Å²) in [6.45, 7) is 1.64. The van der Waals surface area contributed by atoms with Crippen molar-refractivity contribution in [3.8, 4) is 5.75 Å². The summed E-state index contributed by atoms with van der Waals surface area (Å²) in [4.78, 5) is 28.8. The van der Waals surface area contributed by atoms with Crippen LogP contribution in [0, 0.1) is 0 Å². The number of carbonyl (C=O) groups excluding carboxylic acids is 2. The molecule has 1 aromatic heterocycles. The van der Waals surface area contributed by atoms with Gasteiger partial charge < -0.3 is 14.0 Å². The van der Waals surface area contributed by atoms with Gasteiger partial charge in [-0.1, -0.05) is 40.6 Å². The van der Waals surface area contributed by atoms with Gasteiger partial charge in [0.05, 0.1) is 21.8 Å². The molecule has 6 nitrogen and oxygen atoms in total. The first-order valence-corrected chi connectivity index (χ1v) is 9.94. The van der Waals surface area contributed by atoms with Crippen LogP contribution in [0.2, 0.25) is 10.0 Å². The molecule has 0 saturated carbocycles. The molecule has 0 spiro atoms. The zero-order chi connectivity index (χ0) is 20.1. The van der Waals surface area contributed by atoms with E-state index >= 15 is 0 Å². The normalized spacial score (nSPS) is 11.6. The van der Waals surface area contributed by atoms with Gasteiger partial charge in [0.1, 0.15) is 12.3 Å². The van der Waals surface area contributed by atoms with Crippen LogP contribution in [0.4, 0.5) is 0 Å². The minimum Gasteiger partial charge on any atom is -0.484 e. The van der Waals surface area contributed by atoms with Crippen molar-refractivity contribution >= 4 is 56.6 Å². The molecule has 3 aromatic rings. The number of thiazole rings is 1. The molecule has 0 aliphatic heterocycles. The Kier molecular flexibility index (Phi) is 6.72. The van der Waals surface area contributed by atoms with Gasteiger partial charge in [-0.2, -0.15) is 4.99 Å². The van der Waals surface area contributed by atoms with Crippen LogP contribution in [0.25, 0.3) is 10.2 Å². The van der Waals surface area contributed by atoms with E-state index in [2.05, 4.69) is 4.99 Å². The van der Waals surface area contributed by atoms with Crippen molar-refractivity contribution in [2.24, 2.45) is 4.99 Å². The molecule has 3 rings (SSSR count). The lowest BCUT2D eigenvalue weighted by atomic mass is 10.3. The van der Waals surface area contributed by atoms with E-state index in [0.29, 0.717) is 26.1 Å². The van der Waals surface area contributed by atoms with Crippen LogP contribution in [-0.2, 0) is 20.9 Å². The Bertz CT molecular complexity index is 1070. The molecule has 1 amide bonds. The molecule has 0 unspecified atom stereocenters. The van der Waals surface area contributed by atoms with E-state index in [0.717, 1.165) is 4.70 Å². The molecule has 28 heavy (non-hydrogen) atoms. The minimum absolute atomic E-state index is 0.0955. The second-order valence-corrected chi connectivity index (χ2v) is 7.46. The second kappa shape index (κ2) is 9.23. The number of hydrogen-bond donors (Lipinski definition) is 0. The van der Waals surface area contributed by atoms with Crippen molar-refractivity contribution in [1.82, 2.24) is 4.57 Å². The first-order chi connectivity index (χ1) is 13.5. The number of benzene rings is 2. The Hall–Kier alpha value is -2.35. The maximum atomic E-state index is 12.3. The van der Waals surface area contributed by atoms with Gasteiger partial charge >= 0.3 is 5.97 Å². The van der Waals surface area contributed by atoms with E-state index in [1.165, 1.54) is 11.3 Å². The van der Waals surface area contributed by atoms with E-state index in [1.54, 1.807) is 47.9 Å². The fourth-order valence-electron chi connectivity index (χ4n) is 2.47. The number of rotatable bonds is 6. The number of halogens is 2. The fraction of sp³-hybridized carbons (Fsp3) is 0.211. The predicted molar refractivity (Wildman–Crippen MR) is 109 cm³/mol. The molecule has 1 heterocycles. The summed E-state index contributed by atoms with van der Waals surface area (Å²) in [7, 11) is 0. The number of nitrogens with zero attached hydrogens (tertiary/aromatic N) is 2. The average molecular weight is 439 g/mol. The van der Waals surface area contributed by atoms with E-state index in [1.807, 2.05) is 6.07 Å². The Morgan fingerprint density at radius 2 is 1.89 bits per heavy atom. The lowest BCUT2D eigenvalue weighted by Gasteiger charge is -2.06. The van der Waals surface area contributed by atoms with Gasteiger partial charge in [0.2, 0.25) is 0 Å². The monoisotopic (exact) mass is 438 g/mol. The van der Waals surface area contributed by atoms with Gasteiger partial charge in [0.15, 0.2) is 11.4 Å². The van der Waals surface area contributed by atoms with Gasteiger partial charge in [0, 0.05) is 5.02 Å². The number of aromatic nitrogens is 1. The van der Waals surface area contributed by atoms with E-state index < -0.39 is 11.9 Å². The molecular formula is C19H16Cl2N2O4S. The maximum Gasteiger partial charge on any atom is 0.326 e. The van der Waals surface area contributed by atoms with Crippen molar-refractivity contribution < 1.29 is 19.1 Å². The molecular weight excluding hydrogens is 423 g/mol. The van der Waals surface area contributed by atoms with Gasteiger partial charge in [-0.15, -0.1) is 0 Å². The van der Waals surface area contributed by atoms with Crippen LogP contribution in [-0.4, -0.2) is 29.7 Å². The number of fused-ring (bicyclic) bond motifs is 1. The van der Waals surface area contributed by atoms with E-state index in [9.17, 15) is 9.59 Å². The van der Waals surface area contributed by atoms with Gasteiger partial charge in [-0.05, 0) is 43.3 Å². The van der Waals surface area contributed by atoms with Crippen LogP contribution in [0.1, 0.15) is 6.92 Å². The number of amides is 1. The number of para-hydroxylation sites is 1. The van der Waals surface area contributed by atoms with Crippen molar-refractivity contribution in [3.63, 3.8) is 0 Å². The Morgan fingerprint density at radius 3 is 2.61 bits per heavy atom. The SMILES string of the molecule is CCOC(=O)Cn1c(=NC(=O)COc2ccc(Cl)cc2)sc2cccc(Cl)c21. The molecule has 0 atom stereocenters. The zero-order valence-corrected chi connectivity index (χ0v) is 17.2. The molecule has 2 aromatic carbocycles. The zero-order valence-electron chi connectivity index (χ0n) is 14.9. The molecule has 9 heteroatoms. The van der Waals surface area contributed by atoms with Gasteiger partial charge in [-0.25, -0.2) is 0 Å². The number of esters is 1. The third-order valence-corrected chi connectivity index (χ3v) is 5.24. The summed E-state index contributed by atoms with van der Waals surface area (Å²) in [5.41, 5.74) is 0.632.